The minimum Gasteiger partial charge on any atom is -0.448 e. The van der Waals surface area contributed by atoms with Gasteiger partial charge in [0.15, 0.2) is 0 Å². The minimum absolute atomic E-state index is 0.0590. The van der Waals surface area contributed by atoms with Crippen molar-refractivity contribution in [3.63, 3.8) is 0 Å². The summed E-state index contributed by atoms with van der Waals surface area (Å²) < 4.78 is 4.88. The van der Waals surface area contributed by atoms with Gasteiger partial charge in [0.2, 0.25) is 5.91 Å². The summed E-state index contributed by atoms with van der Waals surface area (Å²) in [7, 11) is 0. The van der Waals surface area contributed by atoms with Crippen molar-refractivity contribution >= 4 is 12.0 Å². The van der Waals surface area contributed by atoms with Crippen LogP contribution in [0.15, 0.2) is 18.2 Å². The molecule has 23 heavy (non-hydrogen) atoms. The number of nitrogens with one attached hydrogen (secondary N) is 1. The molecule has 1 aromatic carbocycles. The van der Waals surface area contributed by atoms with Crippen LogP contribution in [-0.4, -0.2) is 36.6 Å². The van der Waals surface area contributed by atoms with Gasteiger partial charge < -0.3 is 15.0 Å². The van der Waals surface area contributed by atoms with Crippen LogP contribution in [0.5, 0.6) is 0 Å². The molecule has 1 heterocycles. The molecule has 1 fully saturated rings. The zero-order valence-corrected chi connectivity index (χ0v) is 13.8. The standard InChI is InChI=1S/C18H24N2O3/c1-12-5-6-14-11-13(2)17(15(14)10-12)19-16(21)4-3-7-20-8-9-23-18(20)22/h5-6,10,13,17H,3-4,7-9,11H2,1-2H3,(H,19,21). The molecule has 1 aliphatic carbocycles. The van der Waals surface area contributed by atoms with Crippen molar-refractivity contribution in [1.82, 2.24) is 10.2 Å². The third-order valence-electron chi connectivity index (χ3n) is 4.74. The fraction of sp³-hybridized carbons (Fsp3) is 0.556. The largest absolute Gasteiger partial charge is 0.448 e. The Morgan fingerprint density at radius 2 is 2.26 bits per heavy atom. The highest BCUT2D eigenvalue weighted by Crippen LogP contribution is 2.36. The van der Waals surface area contributed by atoms with Crippen LogP contribution in [0.4, 0.5) is 4.79 Å². The second kappa shape index (κ2) is 6.60. The number of fused-ring (bicyclic) bond motifs is 1. The number of carbonyl (C=O) groups excluding carboxylic acids is 2. The summed E-state index contributed by atoms with van der Waals surface area (Å²) in [5, 5.41) is 3.18. The van der Waals surface area contributed by atoms with Crippen LogP contribution in [0.3, 0.4) is 0 Å². The maximum absolute atomic E-state index is 12.2. The minimum atomic E-state index is -0.265. The van der Waals surface area contributed by atoms with Gasteiger partial charge in [-0.15, -0.1) is 0 Å². The van der Waals surface area contributed by atoms with Crippen molar-refractivity contribution < 1.29 is 14.3 Å². The Balaban J connectivity index is 1.52. The molecule has 2 unspecified atom stereocenters. The van der Waals surface area contributed by atoms with E-state index in [9.17, 15) is 9.59 Å². The third kappa shape index (κ3) is 3.49. The summed E-state index contributed by atoms with van der Waals surface area (Å²) in [6, 6.07) is 6.59. The summed E-state index contributed by atoms with van der Waals surface area (Å²) in [5.41, 5.74) is 3.83. The van der Waals surface area contributed by atoms with E-state index in [1.54, 1.807) is 4.90 Å². The number of aryl methyl sites for hydroxylation is 1. The van der Waals surface area contributed by atoms with Gasteiger partial charge in [0.25, 0.3) is 0 Å². The maximum Gasteiger partial charge on any atom is 0.409 e. The van der Waals surface area contributed by atoms with E-state index in [1.807, 2.05) is 0 Å². The number of amides is 2. The van der Waals surface area contributed by atoms with Gasteiger partial charge in [-0.2, -0.15) is 0 Å². The van der Waals surface area contributed by atoms with Crippen molar-refractivity contribution in [2.45, 2.75) is 39.2 Å². The lowest BCUT2D eigenvalue weighted by atomic mass is 10.0. The smallest absolute Gasteiger partial charge is 0.409 e. The van der Waals surface area contributed by atoms with Crippen molar-refractivity contribution in [2.75, 3.05) is 19.7 Å². The fourth-order valence-corrected chi connectivity index (χ4v) is 3.49. The molecular weight excluding hydrogens is 292 g/mol. The number of carbonyl (C=O) groups is 2. The van der Waals surface area contributed by atoms with Gasteiger partial charge >= 0.3 is 6.09 Å². The van der Waals surface area contributed by atoms with E-state index in [0.29, 0.717) is 38.5 Å². The van der Waals surface area contributed by atoms with Crippen LogP contribution in [0.25, 0.3) is 0 Å². The number of nitrogens with zero attached hydrogens (tertiary/aromatic N) is 1. The van der Waals surface area contributed by atoms with Gasteiger partial charge in [0, 0.05) is 13.0 Å². The molecule has 5 heteroatoms. The molecule has 1 N–H and O–H groups in total. The highest BCUT2D eigenvalue weighted by atomic mass is 16.6. The number of cyclic esters (lactones) is 1. The van der Waals surface area contributed by atoms with Crippen molar-refractivity contribution in [2.24, 2.45) is 5.92 Å². The summed E-state index contributed by atoms with van der Waals surface area (Å²) in [5.74, 6) is 0.480. The lowest BCUT2D eigenvalue weighted by molar-refractivity contribution is -0.122. The summed E-state index contributed by atoms with van der Waals surface area (Å²) in [6.45, 7) is 5.94. The fourth-order valence-electron chi connectivity index (χ4n) is 3.49. The molecule has 2 aliphatic rings. The second-order valence-electron chi connectivity index (χ2n) is 6.63. The van der Waals surface area contributed by atoms with Crippen molar-refractivity contribution in [3.8, 4) is 0 Å². The Labute approximate surface area is 137 Å². The van der Waals surface area contributed by atoms with Crippen LogP contribution < -0.4 is 5.32 Å². The average molecular weight is 316 g/mol. The SMILES string of the molecule is Cc1ccc2c(c1)C(NC(=O)CCCN1CCOC1=O)C(C)C2. The van der Waals surface area contributed by atoms with Gasteiger partial charge in [0.1, 0.15) is 6.61 Å². The molecular formula is C18H24N2O3. The number of hydrogen-bond acceptors (Lipinski definition) is 3. The van der Waals surface area contributed by atoms with Crippen LogP contribution in [0.2, 0.25) is 0 Å². The molecule has 0 aromatic heterocycles. The average Bonchev–Trinajstić information content (AvgIpc) is 3.04. The van der Waals surface area contributed by atoms with E-state index in [2.05, 4.69) is 37.4 Å². The highest BCUT2D eigenvalue weighted by molar-refractivity contribution is 5.77. The summed E-state index contributed by atoms with van der Waals surface area (Å²) in [4.78, 5) is 25.2. The lowest BCUT2D eigenvalue weighted by Crippen LogP contribution is -2.32. The maximum atomic E-state index is 12.2. The quantitative estimate of drug-likeness (QED) is 0.908. The molecule has 124 valence electrons. The molecule has 1 aliphatic heterocycles. The van der Waals surface area contributed by atoms with E-state index in [4.69, 9.17) is 4.74 Å². The Morgan fingerprint density at radius 3 is 3.00 bits per heavy atom. The first-order chi connectivity index (χ1) is 11.0. The molecule has 1 aromatic rings. The van der Waals surface area contributed by atoms with E-state index in [-0.39, 0.29) is 18.0 Å². The van der Waals surface area contributed by atoms with E-state index in [1.165, 1.54) is 16.7 Å². The molecule has 0 radical (unpaired) electrons. The molecule has 5 nitrogen and oxygen atoms in total. The first-order valence-corrected chi connectivity index (χ1v) is 8.35. The van der Waals surface area contributed by atoms with Crippen LogP contribution in [0.1, 0.15) is 42.5 Å². The van der Waals surface area contributed by atoms with E-state index < -0.39 is 0 Å². The third-order valence-corrected chi connectivity index (χ3v) is 4.74. The lowest BCUT2D eigenvalue weighted by Gasteiger charge is -2.19. The first kappa shape index (κ1) is 15.8. The van der Waals surface area contributed by atoms with Gasteiger partial charge in [-0.1, -0.05) is 30.7 Å². The van der Waals surface area contributed by atoms with E-state index in [0.717, 1.165) is 6.42 Å². The monoisotopic (exact) mass is 316 g/mol. The predicted octanol–water partition coefficient (Wildman–Crippen LogP) is 2.58. The zero-order valence-electron chi connectivity index (χ0n) is 13.8. The molecule has 2 amide bonds. The molecule has 1 saturated heterocycles. The van der Waals surface area contributed by atoms with Crippen molar-refractivity contribution in [1.29, 1.82) is 0 Å². The zero-order chi connectivity index (χ0) is 16.4. The topological polar surface area (TPSA) is 58.6 Å². The number of rotatable bonds is 5. The Morgan fingerprint density at radius 1 is 1.43 bits per heavy atom. The Bertz CT molecular complexity index is 614. The summed E-state index contributed by atoms with van der Waals surface area (Å²) >= 11 is 0. The van der Waals surface area contributed by atoms with Crippen LogP contribution in [0, 0.1) is 12.8 Å². The second-order valence-corrected chi connectivity index (χ2v) is 6.63. The normalized spacial score (nSPS) is 22.9. The van der Waals surface area contributed by atoms with Gasteiger partial charge in [0.05, 0.1) is 12.6 Å². The van der Waals surface area contributed by atoms with Gasteiger partial charge in [-0.3, -0.25) is 4.79 Å². The summed E-state index contributed by atoms with van der Waals surface area (Å²) in [6.07, 6.45) is 1.86. The highest BCUT2D eigenvalue weighted by Gasteiger charge is 2.30. The molecule has 2 atom stereocenters. The predicted molar refractivity (Wildman–Crippen MR) is 87.1 cm³/mol. The number of hydrogen-bond donors (Lipinski definition) is 1. The first-order valence-electron chi connectivity index (χ1n) is 8.35. The number of ether oxygens (including phenoxy) is 1. The Kier molecular flexibility index (Phi) is 4.55. The molecule has 0 saturated carbocycles. The van der Waals surface area contributed by atoms with E-state index >= 15 is 0 Å². The van der Waals surface area contributed by atoms with Gasteiger partial charge in [-0.25, -0.2) is 4.79 Å². The molecule has 0 bridgehead atoms. The number of benzene rings is 1. The van der Waals surface area contributed by atoms with Gasteiger partial charge in [-0.05, 0) is 36.8 Å². The Hall–Kier alpha value is -2.04. The molecule has 3 rings (SSSR count). The van der Waals surface area contributed by atoms with Crippen LogP contribution in [-0.2, 0) is 16.0 Å². The van der Waals surface area contributed by atoms with Crippen LogP contribution >= 0.6 is 0 Å². The molecule has 0 spiro atoms. The van der Waals surface area contributed by atoms with Crippen molar-refractivity contribution in [3.05, 3.63) is 34.9 Å².